The molecule has 4 aliphatic rings. The van der Waals surface area contributed by atoms with Crippen LogP contribution in [-0.4, -0.2) is 10.0 Å². The fraction of sp³-hybridized carbons (Fsp3) is 0.0462. The van der Waals surface area contributed by atoms with E-state index in [1.54, 1.807) is 0 Å². The van der Waals surface area contributed by atoms with E-state index in [1.807, 2.05) is 0 Å². The predicted octanol–water partition coefficient (Wildman–Crippen LogP) is 16.2. The number of benzene rings is 10. The minimum Gasteiger partial charge on any atom is -0.310 e. The number of rotatable bonds is 7. The van der Waals surface area contributed by atoms with E-state index in [2.05, 4.69) is 276 Å². The van der Waals surface area contributed by atoms with E-state index in [1.165, 1.54) is 101 Å². The molecule has 1 aliphatic carbocycles. The van der Waals surface area contributed by atoms with Crippen molar-refractivity contribution >= 4 is 22.8 Å². The van der Waals surface area contributed by atoms with Gasteiger partial charge in [0.05, 0.1) is 28.5 Å². The van der Waals surface area contributed by atoms with Crippen molar-refractivity contribution in [2.75, 3.05) is 4.90 Å². The third-order valence-electron chi connectivity index (χ3n) is 14.8. The van der Waals surface area contributed by atoms with E-state index in [-0.39, 0.29) is 12.2 Å². The molecule has 10 aromatic carbocycles. The predicted molar refractivity (Wildman–Crippen MR) is 278 cm³/mol. The van der Waals surface area contributed by atoms with Gasteiger partial charge in [0.25, 0.3) is 0 Å². The lowest BCUT2D eigenvalue weighted by Crippen LogP contribution is -2.36. The molecule has 3 atom stereocenters. The van der Waals surface area contributed by atoms with Gasteiger partial charge in [-0.1, -0.05) is 212 Å². The van der Waals surface area contributed by atoms with E-state index in [9.17, 15) is 0 Å². The average Bonchev–Trinajstić information content (AvgIpc) is 3.92. The first-order valence-corrected chi connectivity index (χ1v) is 23.7. The third kappa shape index (κ3) is 5.83. The fourth-order valence-corrected chi connectivity index (χ4v) is 11.8. The largest absolute Gasteiger partial charge is 0.310 e. The Kier molecular flexibility index (Phi) is 8.71. The summed E-state index contributed by atoms with van der Waals surface area (Å²) in [6, 6.07) is 94.2. The van der Waals surface area contributed by atoms with Gasteiger partial charge in [-0.05, 0) is 132 Å². The summed E-state index contributed by atoms with van der Waals surface area (Å²) in [5.41, 5.74) is 23.3. The van der Waals surface area contributed by atoms with E-state index >= 15 is 0 Å². The lowest BCUT2D eigenvalue weighted by atomic mass is 9.64. The lowest BCUT2D eigenvalue weighted by Gasteiger charge is -2.45. The number of hydrogen-bond donors (Lipinski definition) is 0. The Balaban J connectivity index is 0.836. The molecule has 0 saturated carbocycles. The smallest absolute Gasteiger partial charge is 0.141 e. The molecule has 320 valence electrons. The molecule has 1 fully saturated rings. The number of para-hydroxylation sites is 3. The van der Waals surface area contributed by atoms with E-state index < -0.39 is 5.41 Å². The topological polar surface area (TPSA) is 9.26 Å². The molecule has 14 rings (SSSR count). The maximum Gasteiger partial charge on any atom is 0.141 e. The summed E-state index contributed by atoms with van der Waals surface area (Å²) in [5, 5.41) is 5.01. The lowest BCUT2D eigenvalue weighted by molar-refractivity contribution is 0.365. The van der Waals surface area contributed by atoms with Crippen LogP contribution in [0.15, 0.2) is 261 Å². The Hall–Kier alpha value is -8.50. The van der Waals surface area contributed by atoms with Crippen molar-refractivity contribution < 1.29 is 0 Å². The first-order chi connectivity index (χ1) is 33.7. The quantitative estimate of drug-likeness (QED) is 0.148. The average molecular weight is 868 g/mol. The Morgan fingerprint density at radius 3 is 1.51 bits per heavy atom. The zero-order valence-electron chi connectivity index (χ0n) is 37.3. The van der Waals surface area contributed by atoms with Crippen molar-refractivity contribution in [3.8, 4) is 44.5 Å². The van der Waals surface area contributed by atoms with Gasteiger partial charge >= 0.3 is 0 Å². The van der Waals surface area contributed by atoms with Crippen molar-refractivity contribution in [3.05, 3.63) is 300 Å². The Bertz CT molecular complexity index is 3550. The highest BCUT2D eigenvalue weighted by Gasteiger charge is 2.56. The molecule has 3 heteroatoms. The van der Waals surface area contributed by atoms with E-state index in [0.717, 1.165) is 5.69 Å². The molecule has 0 radical (unpaired) electrons. The first kappa shape index (κ1) is 38.7. The highest BCUT2D eigenvalue weighted by atomic mass is 15.9. The summed E-state index contributed by atoms with van der Waals surface area (Å²) >= 11 is 0. The summed E-state index contributed by atoms with van der Waals surface area (Å²) in [7, 11) is 0. The van der Waals surface area contributed by atoms with Gasteiger partial charge in [-0.2, -0.15) is 5.01 Å². The van der Waals surface area contributed by atoms with Crippen molar-refractivity contribution in [2.24, 2.45) is 0 Å². The van der Waals surface area contributed by atoms with Gasteiger partial charge in [0, 0.05) is 5.69 Å². The van der Waals surface area contributed by atoms with Crippen LogP contribution in [-0.2, 0) is 5.41 Å². The number of fused-ring (bicyclic) bond motifs is 10. The highest BCUT2D eigenvalue weighted by molar-refractivity contribution is 5.97. The minimum atomic E-state index is -0.474. The van der Waals surface area contributed by atoms with Crippen molar-refractivity contribution in [2.45, 2.75) is 17.6 Å². The van der Waals surface area contributed by atoms with E-state index in [0.29, 0.717) is 0 Å². The Labute approximate surface area is 397 Å². The molecule has 68 heavy (non-hydrogen) atoms. The SMILES string of the molecule is C1=C(c2ccc(-c3ccccc3)cc2)N2C(c3ccccc3)N2C1c1cccc(-c2cccc(-c3ccc4c(c3)-c3ccccc3C43c4ccccc4N(c4ccccc4)c4ccccc43)c2)c1. The van der Waals surface area contributed by atoms with Crippen LogP contribution in [0.3, 0.4) is 0 Å². The molecule has 10 aromatic rings. The summed E-state index contributed by atoms with van der Waals surface area (Å²) in [6.45, 7) is 0. The minimum absolute atomic E-state index is 0.103. The fourth-order valence-electron chi connectivity index (χ4n) is 11.8. The van der Waals surface area contributed by atoms with Gasteiger partial charge in [-0.3, -0.25) is 5.01 Å². The van der Waals surface area contributed by atoms with Crippen molar-refractivity contribution in [1.29, 1.82) is 0 Å². The van der Waals surface area contributed by atoms with Gasteiger partial charge in [0.15, 0.2) is 0 Å². The van der Waals surface area contributed by atoms with Gasteiger partial charge in [-0.15, -0.1) is 0 Å². The summed E-state index contributed by atoms with van der Waals surface area (Å²) in [5.74, 6) is 0. The summed E-state index contributed by atoms with van der Waals surface area (Å²) in [6.07, 6.45) is 2.63. The van der Waals surface area contributed by atoms with Crippen molar-refractivity contribution in [3.63, 3.8) is 0 Å². The monoisotopic (exact) mass is 867 g/mol. The molecule has 1 spiro atoms. The Morgan fingerprint density at radius 1 is 0.324 bits per heavy atom. The van der Waals surface area contributed by atoms with Gasteiger partial charge in [-0.25, -0.2) is 0 Å². The highest BCUT2D eigenvalue weighted by Crippen LogP contribution is 2.64. The second-order valence-corrected chi connectivity index (χ2v) is 18.4. The van der Waals surface area contributed by atoms with Crippen LogP contribution in [0.4, 0.5) is 17.1 Å². The third-order valence-corrected chi connectivity index (χ3v) is 14.8. The van der Waals surface area contributed by atoms with Crippen LogP contribution in [0.1, 0.15) is 51.2 Å². The zero-order chi connectivity index (χ0) is 44.8. The molecule has 3 aliphatic heterocycles. The molecule has 3 unspecified atom stereocenters. The number of nitrogens with zero attached hydrogens (tertiary/aromatic N) is 3. The molecule has 1 saturated heterocycles. The van der Waals surface area contributed by atoms with Gasteiger partial charge < -0.3 is 4.90 Å². The first-order valence-electron chi connectivity index (χ1n) is 23.7. The summed E-state index contributed by atoms with van der Waals surface area (Å²) in [4.78, 5) is 2.44. The number of anilines is 3. The Morgan fingerprint density at radius 2 is 0.809 bits per heavy atom. The van der Waals surface area contributed by atoms with Crippen LogP contribution in [0.25, 0.3) is 50.2 Å². The van der Waals surface area contributed by atoms with Gasteiger partial charge in [0.2, 0.25) is 0 Å². The van der Waals surface area contributed by atoms with Crippen LogP contribution in [0, 0.1) is 0 Å². The molecule has 0 aromatic heterocycles. The number of hydrogen-bond acceptors (Lipinski definition) is 3. The molecule has 0 bridgehead atoms. The maximum absolute atomic E-state index is 2.53. The molecule has 0 amide bonds. The molecule has 3 heterocycles. The van der Waals surface area contributed by atoms with E-state index in [4.69, 9.17) is 0 Å². The maximum atomic E-state index is 2.53. The standard InChI is InChI=1S/C65H45N3/c1-4-18-44(19-5-1)45-34-36-46(37-35-45)62-43-63(68-64(67(62)68)47-20-6-2-7-21-47)52-25-17-24-50(41-52)48-22-16-23-49(40-48)51-38-39-57-55(42-51)54-28-10-11-29-56(54)65(57)58-30-12-14-32-60(58)66(53-26-8-3-9-27-53)61-33-15-13-31-59(61)65/h1-43,63-64H. The van der Waals surface area contributed by atoms with Crippen LogP contribution in [0.2, 0.25) is 0 Å². The van der Waals surface area contributed by atoms with Crippen LogP contribution < -0.4 is 4.90 Å². The normalized spacial score (nSPS) is 17.7. The molecular weight excluding hydrogens is 823 g/mol. The zero-order valence-corrected chi connectivity index (χ0v) is 37.3. The second kappa shape index (κ2) is 15.3. The molecule has 3 nitrogen and oxygen atoms in total. The number of hydrazine groups is 1. The van der Waals surface area contributed by atoms with Crippen LogP contribution in [0.5, 0.6) is 0 Å². The van der Waals surface area contributed by atoms with Crippen LogP contribution >= 0.6 is 0 Å². The van der Waals surface area contributed by atoms with Gasteiger partial charge in [0.1, 0.15) is 6.17 Å². The molecular formula is C65H45N3. The summed E-state index contributed by atoms with van der Waals surface area (Å²) < 4.78 is 0. The second-order valence-electron chi connectivity index (χ2n) is 18.4. The molecule has 0 N–H and O–H groups in total. The van der Waals surface area contributed by atoms with Crippen molar-refractivity contribution in [1.82, 2.24) is 10.0 Å².